The minimum atomic E-state index is -1.01. The summed E-state index contributed by atoms with van der Waals surface area (Å²) in [6, 6.07) is 5.45. The Kier molecular flexibility index (Phi) is 7.11. The Morgan fingerprint density at radius 2 is 1.97 bits per heavy atom. The SMILES string of the molecule is C=CC(C)(C)C(OC(=O)c1cncc(F)c1)c1cc(OC)c2c(NO)ccc(N=O)c2c1OC. The van der Waals surface area contributed by atoms with E-state index in [1.54, 1.807) is 26.0 Å². The van der Waals surface area contributed by atoms with Crippen LogP contribution in [0.4, 0.5) is 15.8 Å². The first kappa shape index (κ1) is 24.6. The Bertz CT molecular complexity index is 1260. The predicted octanol–water partition coefficient (Wildman–Crippen LogP) is 5.70. The number of carbonyl (C=O) groups excluding carboxylic acids is 1. The largest absolute Gasteiger partial charge is 0.496 e. The minimum absolute atomic E-state index is 0.0156. The molecule has 0 saturated heterocycles. The molecule has 3 aromatic rings. The number of ether oxygens (including phenoxy) is 3. The number of anilines is 1. The lowest BCUT2D eigenvalue weighted by molar-refractivity contribution is 0.00270. The van der Waals surface area contributed by atoms with E-state index in [0.29, 0.717) is 10.9 Å². The summed E-state index contributed by atoms with van der Waals surface area (Å²) in [7, 11) is 2.79. The third-order valence-electron chi connectivity index (χ3n) is 5.50. The van der Waals surface area contributed by atoms with Crippen molar-refractivity contribution in [1.82, 2.24) is 4.98 Å². The van der Waals surface area contributed by atoms with E-state index in [1.165, 1.54) is 32.5 Å². The number of aromatic nitrogens is 1. The van der Waals surface area contributed by atoms with Gasteiger partial charge in [-0.1, -0.05) is 19.9 Å². The highest BCUT2D eigenvalue weighted by Gasteiger charge is 2.36. The van der Waals surface area contributed by atoms with Crippen LogP contribution in [-0.4, -0.2) is 30.4 Å². The predicted molar refractivity (Wildman–Crippen MR) is 124 cm³/mol. The number of pyridine rings is 1. The van der Waals surface area contributed by atoms with E-state index in [2.05, 4.69) is 22.2 Å². The second-order valence-corrected chi connectivity index (χ2v) is 7.99. The van der Waals surface area contributed by atoms with Crippen LogP contribution in [0, 0.1) is 16.1 Å². The fraction of sp³-hybridized carbons (Fsp3) is 0.250. The van der Waals surface area contributed by atoms with Gasteiger partial charge < -0.3 is 14.2 Å². The molecule has 2 N–H and O–H groups in total. The molecular formula is C24H24FN3O6. The van der Waals surface area contributed by atoms with Crippen molar-refractivity contribution in [3.63, 3.8) is 0 Å². The van der Waals surface area contributed by atoms with Crippen molar-refractivity contribution < 1.29 is 28.6 Å². The molecule has 34 heavy (non-hydrogen) atoms. The second kappa shape index (κ2) is 9.84. The monoisotopic (exact) mass is 469 g/mol. The number of carbonyl (C=O) groups is 1. The van der Waals surface area contributed by atoms with Crippen molar-refractivity contribution in [1.29, 1.82) is 0 Å². The summed E-state index contributed by atoms with van der Waals surface area (Å²) in [6.45, 7) is 7.41. The van der Waals surface area contributed by atoms with Crippen molar-refractivity contribution in [2.45, 2.75) is 20.0 Å². The van der Waals surface area contributed by atoms with Crippen molar-refractivity contribution in [2.24, 2.45) is 10.6 Å². The van der Waals surface area contributed by atoms with Crippen LogP contribution in [0.25, 0.3) is 10.8 Å². The normalized spacial score (nSPS) is 12.1. The molecular weight excluding hydrogens is 445 g/mol. The molecule has 3 rings (SSSR count). The molecule has 1 heterocycles. The molecule has 0 radical (unpaired) electrons. The lowest BCUT2D eigenvalue weighted by Gasteiger charge is -2.33. The molecule has 178 valence electrons. The molecule has 1 atom stereocenters. The summed E-state index contributed by atoms with van der Waals surface area (Å²) in [4.78, 5) is 28.3. The smallest absolute Gasteiger partial charge is 0.340 e. The van der Waals surface area contributed by atoms with Crippen LogP contribution in [0.3, 0.4) is 0 Å². The zero-order valence-corrected chi connectivity index (χ0v) is 19.1. The Balaban J connectivity index is 2.33. The Hall–Kier alpha value is -4.05. The maximum absolute atomic E-state index is 13.6. The third kappa shape index (κ3) is 4.40. The third-order valence-corrected chi connectivity index (χ3v) is 5.50. The van der Waals surface area contributed by atoms with Crippen LogP contribution in [0.5, 0.6) is 11.5 Å². The highest BCUT2D eigenvalue weighted by molar-refractivity contribution is 6.08. The quantitative estimate of drug-likeness (QED) is 0.177. The van der Waals surface area contributed by atoms with Gasteiger partial charge >= 0.3 is 5.97 Å². The number of nitrogens with one attached hydrogen (secondary N) is 1. The van der Waals surface area contributed by atoms with E-state index in [4.69, 9.17) is 14.2 Å². The molecule has 0 bridgehead atoms. The molecule has 0 aliphatic carbocycles. The van der Waals surface area contributed by atoms with Crippen LogP contribution in [0.2, 0.25) is 0 Å². The van der Waals surface area contributed by atoms with Gasteiger partial charge in [-0.15, -0.1) is 11.5 Å². The number of fused-ring (bicyclic) bond motifs is 1. The summed E-state index contributed by atoms with van der Waals surface area (Å²) < 4.78 is 30.7. The zero-order chi connectivity index (χ0) is 25.0. The maximum Gasteiger partial charge on any atom is 0.340 e. The fourth-order valence-electron chi connectivity index (χ4n) is 3.67. The highest BCUT2D eigenvalue weighted by atomic mass is 19.1. The van der Waals surface area contributed by atoms with Crippen LogP contribution in [0.1, 0.15) is 35.9 Å². The molecule has 2 aromatic carbocycles. The number of hydrogen-bond acceptors (Lipinski definition) is 9. The minimum Gasteiger partial charge on any atom is -0.496 e. The molecule has 0 amide bonds. The van der Waals surface area contributed by atoms with Crippen LogP contribution in [-0.2, 0) is 4.74 Å². The van der Waals surface area contributed by atoms with Gasteiger partial charge in [-0.2, -0.15) is 0 Å². The number of esters is 1. The van der Waals surface area contributed by atoms with E-state index in [1.807, 2.05) is 0 Å². The van der Waals surface area contributed by atoms with Crippen LogP contribution < -0.4 is 15.0 Å². The standard InChI is InChI=1S/C24H24FN3O6/c1-6-24(2,3)22(34-23(29)13-9-14(25)12-26-11-13)15-10-18(32-4)19-16(27-30)7-8-17(28-31)20(19)21(15)33-5/h6-12,22,27,30H,1H2,2-5H3. The molecule has 0 saturated carbocycles. The van der Waals surface area contributed by atoms with Crippen molar-refractivity contribution in [3.8, 4) is 11.5 Å². The van der Waals surface area contributed by atoms with Gasteiger partial charge in [-0.05, 0) is 29.4 Å². The lowest BCUT2D eigenvalue weighted by Crippen LogP contribution is -2.26. The van der Waals surface area contributed by atoms with E-state index in [9.17, 15) is 19.3 Å². The molecule has 1 aromatic heterocycles. The average molecular weight is 469 g/mol. The molecule has 0 aliphatic heterocycles. The number of benzene rings is 2. The molecule has 0 aliphatic rings. The Morgan fingerprint density at radius 3 is 2.53 bits per heavy atom. The number of nitroso groups, excluding NO2 is 1. The first-order chi connectivity index (χ1) is 16.2. The summed E-state index contributed by atoms with van der Waals surface area (Å²) in [5.41, 5.74) is 1.73. The molecule has 0 fully saturated rings. The summed E-state index contributed by atoms with van der Waals surface area (Å²) in [6.07, 6.45) is 2.74. The maximum atomic E-state index is 13.6. The van der Waals surface area contributed by atoms with Gasteiger partial charge in [-0.25, -0.2) is 9.18 Å². The van der Waals surface area contributed by atoms with Gasteiger partial charge in [0.25, 0.3) is 0 Å². The lowest BCUT2D eigenvalue weighted by atomic mass is 9.81. The zero-order valence-electron chi connectivity index (χ0n) is 19.1. The van der Waals surface area contributed by atoms with Crippen molar-refractivity contribution in [3.05, 3.63) is 71.2 Å². The van der Waals surface area contributed by atoms with Crippen molar-refractivity contribution >= 4 is 28.1 Å². The fourth-order valence-corrected chi connectivity index (χ4v) is 3.67. The molecule has 10 heteroatoms. The number of nitrogens with zero attached hydrogens (tertiary/aromatic N) is 2. The number of methoxy groups -OCH3 is 2. The van der Waals surface area contributed by atoms with E-state index < -0.39 is 23.3 Å². The van der Waals surface area contributed by atoms with Gasteiger partial charge in [0.2, 0.25) is 0 Å². The topological polar surface area (TPSA) is 119 Å². The first-order valence-electron chi connectivity index (χ1n) is 10.1. The Labute approximate surface area is 195 Å². The Morgan fingerprint density at radius 1 is 1.24 bits per heavy atom. The number of halogens is 1. The van der Waals surface area contributed by atoms with Gasteiger partial charge in [0.15, 0.2) is 0 Å². The van der Waals surface area contributed by atoms with E-state index >= 15 is 0 Å². The molecule has 9 nitrogen and oxygen atoms in total. The number of hydrogen-bond donors (Lipinski definition) is 2. The highest BCUT2D eigenvalue weighted by Crippen LogP contribution is 2.51. The van der Waals surface area contributed by atoms with E-state index in [-0.39, 0.29) is 33.8 Å². The van der Waals surface area contributed by atoms with Gasteiger partial charge in [-0.3, -0.25) is 15.7 Å². The van der Waals surface area contributed by atoms with Crippen LogP contribution >= 0.6 is 0 Å². The summed E-state index contributed by atoms with van der Waals surface area (Å²) in [5.74, 6) is -1.09. The first-order valence-corrected chi connectivity index (χ1v) is 10.1. The van der Waals surface area contributed by atoms with E-state index in [0.717, 1.165) is 12.3 Å². The van der Waals surface area contributed by atoms with Crippen LogP contribution in [0.15, 0.2) is 54.5 Å². The summed E-state index contributed by atoms with van der Waals surface area (Å²) >= 11 is 0. The van der Waals surface area contributed by atoms with Gasteiger partial charge in [0.05, 0.1) is 42.4 Å². The molecule has 0 spiro atoms. The van der Waals surface area contributed by atoms with Gasteiger partial charge in [0.1, 0.15) is 29.1 Å². The van der Waals surface area contributed by atoms with Crippen molar-refractivity contribution in [2.75, 3.05) is 19.7 Å². The second-order valence-electron chi connectivity index (χ2n) is 7.99. The molecule has 1 unspecified atom stereocenters. The van der Waals surface area contributed by atoms with Gasteiger partial charge in [0, 0.05) is 17.2 Å². The average Bonchev–Trinajstić information content (AvgIpc) is 2.85. The number of rotatable bonds is 9. The summed E-state index contributed by atoms with van der Waals surface area (Å²) in [5, 5.41) is 13.3.